The van der Waals surface area contributed by atoms with Crippen molar-refractivity contribution in [1.82, 2.24) is 0 Å². The number of hydrogen-bond donors (Lipinski definition) is 0. The van der Waals surface area contributed by atoms with Gasteiger partial charge in [0.05, 0.1) is 17.5 Å². The molecule has 1 rings (SSSR count). The van der Waals surface area contributed by atoms with Gasteiger partial charge in [0.25, 0.3) is 0 Å². The Hall–Kier alpha value is -0.340. The van der Waals surface area contributed by atoms with Crippen LogP contribution >= 0.6 is 34.2 Å². The van der Waals surface area contributed by atoms with Gasteiger partial charge in [0.1, 0.15) is 5.82 Å². The fourth-order valence-corrected chi connectivity index (χ4v) is 1.54. The third-order valence-corrected chi connectivity index (χ3v) is 3.04. The molecule has 1 nitrogen and oxygen atoms in total. The van der Waals surface area contributed by atoms with Crippen molar-refractivity contribution in [3.05, 3.63) is 32.1 Å². The number of nitrogens with zero attached hydrogens (tertiary/aromatic N) is 1. The molecule has 0 aliphatic rings. The summed E-state index contributed by atoms with van der Waals surface area (Å²) in [5.41, 5.74) is 0.283. The molecule has 0 saturated carbocycles. The van der Waals surface area contributed by atoms with Crippen LogP contribution in [0.3, 0.4) is 0 Å². The Morgan fingerprint density at radius 2 is 2.25 bits per heavy atom. The Balaban J connectivity index is 3.25. The van der Waals surface area contributed by atoms with Crippen molar-refractivity contribution in [3.8, 4) is 6.07 Å². The molecule has 62 valence electrons. The molecule has 0 fully saturated rings. The van der Waals surface area contributed by atoms with Gasteiger partial charge in [-0.1, -0.05) is 11.6 Å². The Labute approximate surface area is 88.3 Å². The van der Waals surface area contributed by atoms with Crippen LogP contribution in [-0.4, -0.2) is 0 Å². The van der Waals surface area contributed by atoms with Gasteiger partial charge in [-0.05, 0) is 34.7 Å². The maximum Gasteiger partial charge on any atom is 0.129 e. The van der Waals surface area contributed by atoms with Gasteiger partial charge in [-0.2, -0.15) is 5.26 Å². The minimum Gasteiger partial charge on any atom is -0.207 e. The van der Waals surface area contributed by atoms with Crippen molar-refractivity contribution in [2.24, 2.45) is 0 Å². The van der Waals surface area contributed by atoms with Gasteiger partial charge in [-0.15, -0.1) is 0 Å². The second-order valence-corrected chi connectivity index (χ2v) is 3.70. The predicted octanol–water partition coefficient (Wildman–Crippen LogP) is 3.15. The van der Waals surface area contributed by atoms with E-state index in [1.165, 1.54) is 6.07 Å². The summed E-state index contributed by atoms with van der Waals surface area (Å²) >= 11 is 7.78. The molecule has 0 spiro atoms. The summed E-state index contributed by atoms with van der Waals surface area (Å²) in [5, 5.41) is 8.73. The molecular weight excluding hydrogens is 291 g/mol. The number of benzene rings is 1. The van der Waals surface area contributed by atoms with E-state index in [2.05, 4.69) is 0 Å². The van der Waals surface area contributed by atoms with E-state index in [1.54, 1.807) is 6.07 Å². The zero-order valence-electron chi connectivity index (χ0n) is 5.94. The molecule has 0 amide bonds. The first-order valence-electron chi connectivity index (χ1n) is 3.16. The van der Waals surface area contributed by atoms with Crippen molar-refractivity contribution < 1.29 is 4.39 Å². The van der Waals surface area contributed by atoms with Crippen molar-refractivity contribution in [3.63, 3.8) is 0 Å². The van der Waals surface area contributed by atoms with Crippen LogP contribution in [0.4, 0.5) is 4.39 Å². The molecule has 1 aromatic carbocycles. The van der Waals surface area contributed by atoms with Crippen LogP contribution < -0.4 is 0 Å². The summed E-state index contributed by atoms with van der Waals surface area (Å²) < 4.78 is 13.7. The van der Waals surface area contributed by atoms with E-state index in [-0.39, 0.29) is 12.0 Å². The molecule has 1 aromatic rings. The summed E-state index contributed by atoms with van der Waals surface area (Å²) in [7, 11) is 0. The van der Waals surface area contributed by atoms with E-state index in [0.717, 1.165) is 3.57 Å². The van der Waals surface area contributed by atoms with Gasteiger partial charge in [0.2, 0.25) is 0 Å². The summed E-state index contributed by atoms with van der Waals surface area (Å²) in [5.74, 6) is -0.415. The van der Waals surface area contributed by atoms with Crippen LogP contribution in [0.5, 0.6) is 0 Å². The average molecular weight is 295 g/mol. The lowest BCUT2D eigenvalue weighted by atomic mass is 10.1. The van der Waals surface area contributed by atoms with Crippen molar-refractivity contribution in [2.75, 3.05) is 0 Å². The molecule has 0 saturated heterocycles. The second kappa shape index (κ2) is 4.06. The highest BCUT2D eigenvalue weighted by Crippen LogP contribution is 2.25. The molecule has 0 unspecified atom stereocenters. The molecule has 0 aliphatic heterocycles. The molecule has 0 bridgehead atoms. The summed E-state index contributed by atoms with van der Waals surface area (Å²) in [6.45, 7) is 0. The highest BCUT2D eigenvalue weighted by Gasteiger charge is 2.09. The Morgan fingerprint density at radius 1 is 1.58 bits per heavy atom. The first kappa shape index (κ1) is 9.75. The highest BCUT2D eigenvalue weighted by atomic mass is 127. The largest absolute Gasteiger partial charge is 0.207 e. The molecule has 0 radical (unpaired) electrons. The monoisotopic (exact) mass is 295 g/mol. The summed E-state index contributed by atoms with van der Waals surface area (Å²) in [6, 6.07) is 4.77. The normalized spacial score (nSPS) is 9.50. The highest BCUT2D eigenvalue weighted by molar-refractivity contribution is 14.1. The van der Waals surface area contributed by atoms with E-state index in [1.807, 2.05) is 28.7 Å². The third kappa shape index (κ3) is 1.87. The van der Waals surface area contributed by atoms with Crippen LogP contribution in [0, 0.1) is 20.7 Å². The van der Waals surface area contributed by atoms with E-state index in [0.29, 0.717) is 5.02 Å². The number of nitriles is 1. The maximum atomic E-state index is 13.0. The molecule has 0 N–H and O–H groups in total. The van der Waals surface area contributed by atoms with Gasteiger partial charge >= 0.3 is 0 Å². The van der Waals surface area contributed by atoms with Gasteiger partial charge in [-0.3, -0.25) is 0 Å². The minimum absolute atomic E-state index is 0.0154. The fourth-order valence-electron chi connectivity index (χ4n) is 0.810. The molecule has 12 heavy (non-hydrogen) atoms. The van der Waals surface area contributed by atoms with Crippen molar-refractivity contribution in [1.29, 1.82) is 5.26 Å². The number of halogens is 3. The quantitative estimate of drug-likeness (QED) is 0.577. The molecular formula is C8H4ClFIN. The number of hydrogen-bond acceptors (Lipinski definition) is 1. The Morgan fingerprint density at radius 3 is 2.83 bits per heavy atom. The zero-order chi connectivity index (χ0) is 9.14. The summed E-state index contributed by atoms with van der Waals surface area (Å²) in [6.07, 6.45) is 0.0154. The second-order valence-electron chi connectivity index (χ2n) is 2.16. The molecule has 0 aliphatic carbocycles. The lowest BCUT2D eigenvalue weighted by molar-refractivity contribution is 0.615. The van der Waals surface area contributed by atoms with Gasteiger partial charge in [-0.25, -0.2) is 4.39 Å². The fraction of sp³-hybridized carbons (Fsp3) is 0.125. The average Bonchev–Trinajstić information content (AvgIpc) is 2.06. The zero-order valence-corrected chi connectivity index (χ0v) is 8.86. The lowest BCUT2D eigenvalue weighted by Crippen LogP contribution is -1.91. The molecule has 0 aromatic heterocycles. The Bertz CT molecular complexity index is 346. The maximum absolute atomic E-state index is 13.0. The van der Waals surface area contributed by atoms with E-state index in [9.17, 15) is 4.39 Å². The minimum atomic E-state index is -0.415. The van der Waals surface area contributed by atoms with E-state index >= 15 is 0 Å². The van der Waals surface area contributed by atoms with Crippen molar-refractivity contribution >= 4 is 34.2 Å². The van der Waals surface area contributed by atoms with Crippen LogP contribution in [-0.2, 0) is 6.42 Å². The molecule has 0 atom stereocenters. The SMILES string of the molecule is N#CCc1c(F)ccc(I)c1Cl. The van der Waals surface area contributed by atoms with Gasteiger partial charge in [0, 0.05) is 9.13 Å². The van der Waals surface area contributed by atoms with Crippen LogP contribution in [0.1, 0.15) is 5.56 Å². The molecule has 0 heterocycles. The smallest absolute Gasteiger partial charge is 0.129 e. The van der Waals surface area contributed by atoms with E-state index in [4.69, 9.17) is 16.9 Å². The van der Waals surface area contributed by atoms with Crippen LogP contribution in [0.25, 0.3) is 0 Å². The van der Waals surface area contributed by atoms with Gasteiger partial charge in [0.15, 0.2) is 0 Å². The topological polar surface area (TPSA) is 23.8 Å². The number of rotatable bonds is 1. The lowest BCUT2D eigenvalue weighted by Gasteiger charge is -2.02. The van der Waals surface area contributed by atoms with Crippen molar-refractivity contribution in [2.45, 2.75) is 6.42 Å². The predicted molar refractivity (Wildman–Crippen MR) is 53.4 cm³/mol. The third-order valence-electron chi connectivity index (χ3n) is 1.39. The van der Waals surface area contributed by atoms with Crippen LogP contribution in [0.2, 0.25) is 5.02 Å². The van der Waals surface area contributed by atoms with Gasteiger partial charge < -0.3 is 0 Å². The first-order chi connectivity index (χ1) is 5.66. The van der Waals surface area contributed by atoms with Crippen LogP contribution in [0.15, 0.2) is 12.1 Å². The summed E-state index contributed by atoms with van der Waals surface area (Å²) in [4.78, 5) is 0. The standard InChI is InChI=1S/C8H4ClFIN/c9-8-5(3-4-12)6(10)1-2-7(8)11/h1-2H,3H2. The first-order valence-corrected chi connectivity index (χ1v) is 4.62. The Kier molecular flexibility index (Phi) is 3.29. The van der Waals surface area contributed by atoms with E-state index < -0.39 is 5.82 Å². The molecule has 4 heteroatoms.